The first-order chi connectivity index (χ1) is 15.9. The van der Waals surface area contributed by atoms with Gasteiger partial charge in [0, 0.05) is 11.8 Å². The van der Waals surface area contributed by atoms with Crippen molar-refractivity contribution in [1.29, 1.82) is 0 Å². The topological polar surface area (TPSA) is 162 Å². The van der Waals surface area contributed by atoms with Crippen molar-refractivity contribution in [2.45, 2.75) is 0 Å². The lowest BCUT2D eigenvalue weighted by molar-refractivity contribution is 0.0731. The number of azo groups is 1. The van der Waals surface area contributed by atoms with Crippen molar-refractivity contribution in [3.05, 3.63) is 96.6 Å². The summed E-state index contributed by atoms with van der Waals surface area (Å²) in [6.07, 6.45) is 0. The number of nitrogens with zero attached hydrogens (tertiary/aromatic N) is 3. The summed E-state index contributed by atoms with van der Waals surface area (Å²) >= 11 is 0. The summed E-state index contributed by atoms with van der Waals surface area (Å²) in [5.74, 6) is 0.268. The molecule has 3 aromatic carbocycles. The van der Waals surface area contributed by atoms with Gasteiger partial charge in [-0.25, -0.2) is 9.78 Å². The Kier molecular flexibility index (Phi) is 9.36. The highest BCUT2D eigenvalue weighted by Crippen LogP contribution is 2.24. The van der Waals surface area contributed by atoms with Gasteiger partial charge < -0.3 is 27.0 Å². The van der Waals surface area contributed by atoms with Gasteiger partial charge in [-0.1, -0.05) is 36.4 Å². The van der Waals surface area contributed by atoms with Crippen molar-refractivity contribution in [2.24, 2.45) is 10.2 Å². The zero-order chi connectivity index (χ0) is 23.6. The highest BCUT2D eigenvalue weighted by Gasteiger charge is 2.13. The van der Waals surface area contributed by atoms with Crippen molar-refractivity contribution >= 4 is 47.1 Å². The zero-order valence-electron chi connectivity index (χ0n) is 17.9. The molecule has 0 aliphatic rings. The maximum absolute atomic E-state index is 11.7. The summed E-state index contributed by atoms with van der Waals surface area (Å²) in [5, 5.41) is 17.6. The van der Waals surface area contributed by atoms with E-state index in [-0.39, 0.29) is 29.5 Å². The van der Waals surface area contributed by atoms with Gasteiger partial charge in [-0.2, -0.15) is 5.11 Å². The smallest absolute Gasteiger partial charge is 0.347 e. The van der Waals surface area contributed by atoms with Crippen LogP contribution in [0, 0.1) is 0 Å². The van der Waals surface area contributed by atoms with E-state index in [0.29, 0.717) is 22.9 Å². The Hall–Kier alpha value is -4.63. The number of esters is 1. The number of aromatic nitrogens is 1. The average Bonchev–Trinajstić information content (AvgIpc) is 2.80. The molecule has 4 rings (SSSR count). The molecule has 0 unspecified atom stereocenters. The SMILES string of the molecule is Cl.Nc1ccc(C(=O)Oc2ccccc2)c(O)c1.Nc1ccc(N=Nc2ccccc2)c(N)n1. The van der Waals surface area contributed by atoms with Gasteiger partial charge in [0.05, 0.1) is 5.69 Å². The predicted molar refractivity (Wildman–Crippen MR) is 135 cm³/mol. The van der Waals surface area contributed by atoms with Gasteiger partial charge in [-0.15, -0.1) is 17.5 Å². The first-order valence-corrected chi connectivity index (χ1v) is 9.77. The number of ether oxygens (including phenoxy) is 1. The Bertz CT molecular complexity index is 1250. The number of aromatic hydroxyl groups is 1. The molecule has 0 spiro atoms. The van der Waals surface area contributed by atoms with Crippen LogP contribution in [-0.4, -0.2) is 16.1 Å². The molecule has 10 heteroatoms. The van der Waals surface area contributed by atoms with E-state index in [2.05, 4.69) is 15.2 Å². The molecule has 1 aromatic heterocycles. The number of carbonyl (C=O) groups is 1. The fourth-order valence-corrected chi connectivity index (χ4v) is 2.55. The Balaban J connectivity index is 0.000000234. The van der Waals surface area contributed by atoms with Gasteiger partial charge in [0.2, 0.25) is 0 Å². The van der Waals surface area contributed by atoms with Crippen LogP contribution in [0.4, 0.5) is 28.7 Å². The normalized spacial score (nSPS) is 10.0. The fourth-order valence-electron chi connectivity index (χ4n) is 2.55. The number of halogens is 1. The first kappa shape index (κ1) is 25.6. The lowest BCUT2D eigenvalue weighted by Gasteiger charge is -2.06. The molecular formula is C24H23ClN6O3. The van der Waals surface area contributed by atoms with Crippen molar-refractivity contribution in [2.75, 3.05) is 17.2 Å². The van der Waals surface area contributed by atoms with E-state index in [0.717, 1.165) is 5.69 Å². The number of rotatable bonds is 4. The number of hydrogen-bond donors (Lipinski definition) is 4. The summed E-state index contributed by atoms with van der Waals surface area (Å²) in [7, 11) is 0. The molecule has 4 aromatic rings. The number of para-hydroxylation sites is 1. The monoisotopic (exact) mass is 478 g/mol. The third-order valence-electron chi connectivity index (χ3n) is 4.15. The average molecular weight is 479 g/mol. The molecule has 34 heavy (non-hydrogen) atoms. The Morgan fingerprint density at radius 1 is 0.824 bits per heavy atom. The third-order valence-corrected chi connectivity index (χ3v) is 4.15. The largest absolute Gasteiger partial charge is 0.507 e. The molecule has 0 radical (unpaired) electrons. The minimum atomic E-state index is -0.617. The fraction of sp³-hybridized carbons (Fsp3) is 0. The van der Waals surface area contributed by atoms with E-state index in [4.69, 9.17) is 21.9 Å². The number of hydrogen-bond acceptors (Lipinski definition) is 9. The number of nitrogen functional groups attached to an aromatic ring is 3. The quantitative estimate of drug-likeness (QED) is 0.134. The van der Waals surface area contributed by atoms with Gasteiger partial charge in [-0.05, 0) is 48.5 Å². The van der Waals surface area contributed by atoms with Crippen molar-refractivity contribution < 1.29 is 14.6 Å². The molecule has 1 heterocycles. The van der Waals surface area contributed by atoms with E-state index in [1.807, 2.05) is 36.4 Å². The molecule has 9 nitrogen and oxygen atoms in total. The predicted octanol–water partition coefficient (Wildman–Crippen LogP) is 5.28. The molecule has 0 aliphatic carbocycles. The van der Waals surface area contributed by atoms with Gasteiger partial charge in [0.15, 0.2) is 5.82 Å². The second-order valence-corrected chi connectivity index (χ2v) is 6.66. The van der Waals surface area contributed by atoms with Gasteiger partial charge in [0.1, 0.15) is 28.6 Å². The van der Waals surface area contributed by atoms with E-state index in [1.165, 1.54) is 18.2 Å². The van der Waals surface area contributed by atoms with Gasteiger partial charge >= 0.3 is 5.97 Å². The van der Waals surface area contributed by atoms with Crippen LogP contribution in [0.2, 0.25) is 0 Å². The van der Waals surface area contributed by atoms with Gasteiger partial charge in [-0.3, -0.25) is 0 Å². The standard InChI is InChI=1S/C13H11NO3.C11H11N5.ClH/c14-9-6-7-11(12(15)8-9)13(16)17-10-4-2-1-3-5-10;12-10-7-6-9(11(13)14-10)16-15-8-4-2-1-3-5-8;/h1-8,15H,14H2;1-7H,(H4,12,13,14);1H. The van der Waals surface area contributed by atoms with E-state index >= 15 is 0 Å². The Labute approximate surface area is 202 Å². The summed E-state index contributed by atoms with van der Waals surface area (Å²) in [5.41, 5.74) is 18.3. The summed E-state index contributed by atoms with van der Waals surface area (Å²) in [6.45, 7) is 0. The van der Waals surface area contributed by atoms with E-state index < -0.39 is 5.97 Å². The summed E-state index contributed by atoms with van der Waals surface area (Å²) < 4.78 is 5.08. The number of phenolic OH excluding ortho intramolecular Hbond substituents is 1. The summed E-state index contributed by atoms with van der Waals surface area (Å²) in [4.78, 5) is 15.6. The number of anilines is 3. The number of carbonyl (C=O) groups excluding carboxylic acids is 1. The van der Waals surface area contributed by atoms with Crippen molar-refractivity contribution in [1.82, 2.24) is 4.98 Å². The molecule has 0 saturated heterocycles. The summed E-state index contributed by atoms with van der Waals surface area (Å²) in [6, 6.07) is 25.6. The van der Waals surface area contributed by atoms with E-state index in [1.54, 1.807) is 36.4 Å². The Morgan fingerprint density at radius 2 is 1.47 bits per heavy atom. The molecule has 0 bridgehead atoms. The molecule has 174 valence electrons. The van der Waals surface area contributed by atoms with Crippen LogP contribution >= 0.6 is 12.4 Å². The Morgan fingerprint density at radius 3 is 2.09 bits per heavy atom. The molecule has 0 aliphatic heterocycles. The molecule has 0 amide bonds. The minimum Gasteiger partial charge on any atom is -0.507 e. The van der Waals surface area contributed by atoms with Crippen LogP contribution < -0.4 is 21.9 Å². The number of nitrogens with two attached hydrogens (primary N) is 3. The van der Waals surface area contributed by atoms with E-state index in [9.17, 15) is 9.90 Å². The van der Waals surface area contributed by atoms with Crippen LogP contribution in [0.1, 0.15) is 10.4 Å². The molecule has 7 N–H and O–H groups in total. The zero-order valence-corrected chi connectivity index (χ0v) is 18.7. The lowest BCUT2D eigenvalue weighted by Crippen LogP contribution is -2.08. The number of pyridine rings is 1. The van der Waals surface area contributed by atoms with Crippen molar-refractivity contribution in [3.8, 4) is 11.5 Å². The molecule has 0 fully saturated rings. The second kappa shape index (κ2) is 12.4. The highest BCUT2D eigenvalue weighted by atomic mass is 35.5. The van der Waals surface area contributed by atoms with Crippen LogP contribution in [0.5, 0.6) is 11.5 Å². The lowest BCUT2D eigenvalue weighted by atomic mass is 10.2. The minimum absolute atomic E-state index is 0. The van der Waals surface area contributed by atoms with Crippen LogP contribution in [0.25, 0.3) is 0 Å². The highest BCUT2D eigenvalue weighted by molar-refractivity contribution is 5.94. The van der Waals surface area contributed by atoms with Crippen LogP contribution in [0.15, 0.2) is 101 Å². The second-order valence-electron chi connectivity index (χ2n) is 6.66. The number of benzene rings is 3. The first-order valence-electron chi connectivity index (χ1n) is 9.77. The number of phenols is 1. The van der Waals surface area contributed by atoms with Crippen LogP contribution in [0.3, 0.4) is 0 Å². The maximum Gasteiger partial charge on any atom is 0.347 e. The van der Waals surface area contributed by atoms with Crippen LogP contribution in [-0.2, 0) is 0 Å². The third kappa shape index (κ3) is 7.50. The van der Waals surface area contributed by atoms with Crippen molar-refractivity contribution in [3.63, 3.8) is 0 Å². The molecular weight excluding hydrogens is 456 g/mol. The molecule has 0 saturated carbocycles. The van der Waals surface area contributed by atoms with Gasteiger partial charge in [0.25, 0.3) is 0 Å². The molecule has 0 atom stereocenters. The maximum atomic E-state index is 11.7.